The number of hydrogen-bond acceptors (Lipinski definition) is 7. The van der Waals surface area contributed by atoms with Gasteiger partial charge in [-0.1, -0.05) is 0 Å². The average molecular weight is 317 g/mol. The minimum Gasteiger partial charge on any atom is -0.502 e. The number of hydrazone groups is 1. The lowest BCUT2D eigenvalue weighted by Gasteiger charge is -2.09. The second-order valence-corrected chi connectivity index (χ2v) is 4.45. The smallest absolute Gasteiger partial charge is 0.269 e. The second kappa shape index (κ2) is 7.12. The highest BCUT2D eigenvalue weighted by Gasteiger charge is 2.10. The van der Waals surface area contributed by atoms with Crippen LogP contribution in [-0.2, 0) is 0 Å². The number of phenolic OH excluding ortho intramolecular Hbond substituents is 1. The fraction of sp³-hybridized carbons (Fsp3) is 0.133. The molecule has 0 spiro atoms. The van der Waals surface area contributed by atoms with Crippen molar-refractivity contribution in [2.24, 2.45) is 5.10 Å². The molecular formula is C15H15N3O5. The standard InChI is InChI=1S/C15H15N3O5/c1-22-13-7-10(8-14(23-2)15(13)19)9-16-17-11-3-5-12(6-4-11)18(20)21/h3-9,17,19H,1-2H3/b16-9+. The van der Waals surface area contributed by atoms with E-state index in [1.54, 1.807) is 24.3 Å². The number of hydrogen-bond donors (Lipinski definition) is 2. The number of non-ortho nitro benzene ring substituents is 1. The number of benzene rings is 2. The lowest BCUT2D eigenvalue weighted by atomic mass is 10.2. The summed E-state index contributed by atoms with van der Waals surface area (Å²) in [5, 5.41) is 24.4. The molecule has 0 aromatic heterocycles. The normalized spacial score (nSPS) is 10.5. The van der Waals surface area contributed by atoms with Gasteiger partial charge in [0.25, 0.3) is 5.69 Å². The molecule has 2 aromatic rings. The number of nitrogens with zero attached hydrogens (tertiary/aromatic N) is 2. The van der Waals surface area contributed by atoms with E-state index in [2.05, 4.69) is 10.5 Å². The van der Waals surface area contributed by atoms with Crippen molar-refractivity contribution < 1.29 is 19.5 Å². The predicted octanol–water partition coefficient (Wildman–Crippen LogP) is 2.76. The van der Waals surface area contributed by atoms with Crippen molar-refractivity contribution in [2.75, 3.05) is 19.6 Å². The molecule has 2 N–H and O–H groups in total. The van der Waals surface area contributed by atoms with Crippen LogP contribution in [0.15, 0.2) is 41.5 Å². The maximum absolute atomic E-state index is 10.6. The minimum atomic E-state index is -0.470. The fourth-order valence-electron chi connectivity index (χ4n) is 1.83. The zero-order valence-electron chi connectivity index (χ0n) is 12.5. The van der Waals surface area contributed by atoms with Gasteiger partial charge < -0.3 is 14.6 Å². The van der Waals surface area contributed by atoms with E-state index in [-0.39, 0.29) is 22.9 Å². The van der Waals surface area contributed by atoms with Crippen LogP contribution < -0.4 is 14.9 Å². The topological polar surface area (TPSA) is 106 Å². The van der Waals surface area contributed by atoms with E-state index in [4.69, 9.17) is 9.47 Å². The largest absolute Gasteiger partial charge is 0.502 e. The Balaban J connectivity index is 2.12. The lowest BCUT2D eigenvalue weighted by Crippen LogP contribution is -1.94. The van der Waals surface area contributed by atoms with Crippen molar-refractivity contribution in [3.63, 3.8) is 0 Å². The zero-order chi connectivity index (χ0) is 16.8. The SMILES string of the molecule is COc1cc(/C=N/Nc2ccc([N+](=O)[O-])cc2)cc(OC)c1O. The molecule has 0 amide bonds. The molecule has 0 radical (unpaired) electrons. The summed E-state index contributed by atoms with van der Waals surface area (Å²) >= 11 is 0. The molecule has 0 fully saturated rings. The number of nitrogens with one attached hydrogen (secondary N) is 1. The van der Waals surface area contributed by atoms with E-state index in [9.17, 15) is 15.2 Å². The molecule has 0 heterocycles. The summed E-state index contributed by atoms with van der Waals surface area (Å²) in [5.41, 5.74) is 4.00. The molecule has 0 aliphatic heterocycles. The molecule has 8 nitrogen and oxygen atoms in total. The van der Waals surface area contributed by atoms with Crippen LogP contribution in [0.1, 0.15) is 5.56 Å². The van der Waals surface area contributed by atoms with Gasteiger partial charge in [-0.05, 0) is 24.3 Å². The maximum Gasteiger partial charge on any atom is 0.269 e. The summed E-state index contributed by atoms with van der Waals surface area (Å²) in [7, 11) is 2.87. The highest BCUT2D eigenvalue weighted by molar-refractivity contribution is 5.83. The van der Waals surface area contributed by atoms with Crippen molar-refractivity contribution in [1.29, 1.82) is 0 Å². The molecule has 2 rings (SSSR count). The Morgan fingerprint density at radius 3 is 2.22 bits per heavy atom. The van der Waals surface area contributed by atoms with E-state index < -0.39 is 4.92 Å². The van der Waals surface area contributed by atoms with Crippen LogP contribution in [0.2, 0.25) is 0 Å². The quantitative estimate of drug-likeness (QED) is 0.482. The Morgan fingerprint density at radius 1 is 1.17 bits per heavy atom. The van der Waals surface area contributed by atoms with Gasteiger partial charge in [-0.2, -0.15) is 5.10 Å². The molecule has 0 bridgehead atoms. The van der Waals surface area contributed by atoms with Gasteiger partial charge in [-0.15, -0.1) is 0 Å². The van der Waals surface area contributed by atoms with Crippen molar-refractivity contribution in [3.8, 4) is 17.2 Å². The first-order chi connectivity index (χ1) is 11.0. The molecule has 0 aliphatic rings. The molecule has 0 aliphatic carbocycles. The molecule has 0 saturated heterocycles. The molecule has 23 heavy (non-hydrogen) atoms. The highest BCUT2D eigenvalue weighted by Crippen LogP contribution is 2.36. The number of methoxy groups -OCH3 is 2. The first kappa shape index (κ1) is 16.1. The summed E-state index contributed by atoms with van der Waals surface area (Å²) in [5.74, 6) is 0.442. The molecule has 120 valence electrons. The van der Waals surface area contributed by atoms with E-state index in [1.807, 2.05) is 0 Å². The van der Waals surface area contributed by atoms with Gasteiger partial charge in [0.1, 0.15) is 0 Å². The summed E-state index contributed by atoms with van der Waals surface area (Å²) in [6.45, 7) is 0. The van der Waals surface area contributed by atoms with Crippen molar-refractivity contribution in [1.82, 2.24) is 0 Å². The van der Waals surface area contributed by atoms with Crippen LogP contribution in [0.3, 0.4) is 0 Å². The predicted molar refractivity (Wildman–Crippen MR) is 85.5 cm³/mol. The summed E-state index contributed by atoms with van der Waals surface area (Å²) < 4.78 is 10.1. The Bertz CT molecular complexity index is 703. The van der Waals surface area contributed by atoms with Crippen LogP contribution in [0, 0.1) is 10.1 Å². The Kier molecular flexibility index (Phi) is 4.98. The number of anilines is 1. The lowest BCUT2D eigenvalue weighted by molar-refractivity contribution is -0.384. The molecular weight excluding hydrogens is 302 g/mol. The van der Waals surface area contributed by atoms with Crippen LogP contribution in [0.4, 0.5) is 11.4 Å². The van der Waals surface area contributed by atoms with E-state index >= 15 is 0 Å². The maximum atomic E-state index is 10.6. The van der Waals surface area contributed by atoms with E-state index in [1.165, 1.54) is 32.6 Å². The number of ether oxygens (including phenoxy) is 2. The highest BCUT2D eigenvalue weighted by atomic mass is 16.6. The van der Waals surface area contributed by atoms with Gasteiger partial charge in [0.2, 0.25) is 5.75 Å². The molecule has 8 heteroatoms. The van der Waals surface area contributed by atoms with Crippen LogP contribution in [-0.4, -0.2) is 30.5 Å². The monoisotopic (exact) mass is 317 g/mol. The van der Waals surface area contributed by atoms with Gasteiger partial charge in [-0.25, -0.2) is 0 Å². The zero-order valence-corrected chi connectivity index (χ0v) is 12.5. The van der Waals surface area contributed by atoms with Gasteiger partial charge in [-0.3, -0.25) is 15.5 Å². The number of phenols is 1. The van der Waals surface area contributed by atoms with E-state index in [0.717, 1.165) is 0 Å². The van der Waals surface area contributed by atoms with Gasteiger partial charge in [0, 0.05) is 17.7 Å². The summed E-state index contributed by atoms with van der Waals surface area (Å²) in [6.07, 6.45) is 1.51. The van der Waals surface area contributed by atoms with Crippen molar-refractivity contribution in [3.05, 3.63) is 52.1 Å². The Labute approximate surface area is 132 Å². The first-order valence-electron chi connectivity index (χ1n) is 6.53. The van der Waals surface area contributed by atoms with Crippen LogP contribution >= 0.6 is 0 Å². The van der Waals surface area contributed by atoms with Crippen LogP contribution in [0.5, 0.6) is 17.2 Å². The third-order valence-electron chi connectivity index (χ3n) is 2.99. The summed E-state index contributed by atoms with van der Waals surface area (Å²) in [6, 6.07) is 9.05. The van der Waals surface area contributed by atoms with Crippen LogP contribution in [0.25, 0.3) is 0 Å². The van der Waals surface area contributed by atoms with Gasteiger partial charge in [0.05, 0.1) is 31.0 Å². The summed E-state index contributed by atoms with van der Waals surface area (Å²) in [4.78, 5) is 10.1. The molecule has 0 saturated carbocycles. The second-order valence-electron chi connectivity index (χ2n) is 4.45. The first-order valence-corrected chi connectivity index (χ1v) is 6.53. The van der Waals surface area contributed by atoms with Gasteiger partial charge >= 0.3 is 0 Å². The van der Waals surface area contributed by atoms with Gasteiger partial charge in [0.15, 0.2) is 11.5 Å². The number of rotatable bonds is 6. The number of aromatic hydroxyl groups is 1. The molecule has 0 atom stereocenters. The van der Waals surface area contributed by atoms with Crippen molar-refractivity contribution >= 4 is 17.6 Å². The third kappa shape index (κ3) is 3.88. The third-order valence-corrected chi connectivity index (χ3v) is 2.99. The average Bonchev–Trinajstić information content (AvgIpc) is 2.56. The Morgan fingerprint density at radius 2 is 1.74 bits per heavy atom. The van der Waals surface area contributed by atoms with Crippen molar-refractivity contribution in [2.45, 2.75) is 0 Å². The number of nitro groups is 1. The minimum absolute atomic E-state index is 0.00698. The van der Waals surface area contributed by atoms with E-state index in [0.29, 0.717) is 11.3 Å². The number of nitro benzene ring substituents is 1. The Hall–Kier alpha value is -3.29. The molecule has 0 unspecified atom stereocenters. The molecule has 2 aromatic carbocycles. The fourth-order valence-corrected chi connectivity index (χ4v) is 1.83.